The van der Waals surface area contributed by atoms with Crippen LogP contribution in [0.2, 0.25) is 0 Å². The number of aliphatic hydroxyl groups is 1. The number of halogens is 1. The molecule has 0 radical (unpaired) electrons. The molecule has 32 heavy (non-hydrogen) atoms. The third-order valence-electron chi connectivity index (χ3n) is 4.49. The highest BCUT2D eigenvalue weighted by molar-refractivity contribution is 5.97. The summed E-state index contributed by atoms with van der Waals surface area (Å²) in [5, 5.41) is 21.1. The van der Waals surface area contributed by atoms with E-state index in [-0.39, 0.29) is 12.4 Å². The summed E-state index contributed by atoms with van der Waals surface area (Å²) in [4.78, 5) is 12.2. The first kappa shape index (κ1) is 26.6. The molecule has 0 aliphatic carbocycles. The fourth-order valence-electron chi connectivity index (χ4n) is 2.92. The molecule has 2 rings (SSSR count). The number of carbonyl (C=O) groups is 1. The maximum Gasteiger partial charge on any atom is 0.243 e. The van der Waals surface area contributed by atoms with Gasteiger partial charge in [-0.25, -0.2) is 0 Å². The van der Waals surface area contributed by atoms with Gasteiger partial charge in [0, 0.05) is 6.08 Å². The summed E-state index contributed by atoms with van der Waals surface area (Å²) >= 11 is 0. The largest absolute Gasteiger partial charge is 0.495 e. The van der Waals surface area contributed by atoms with Crippen molar-refractivity contribution in [2.45, 2.75) is 6.04 Å². The molecule has 0 bridgehead atoms. The minimum atomic E-state index is -1.09. The Labute approximate surface area is 192 Å². The van der Waals surface area contributed by atoms with Gasteiger partial charge in [-0.3, -0.25) is 4.79 Å². The predicted octanol–water partition coefficient (Wildman–Crippen LogP) is 2.36. The lowest BCUT2D eigenvalue weighted by Gasteiger charge is -2.17. The van der Waals surface area contributed by atoms with E-state index >= 15 is 0 Å². The number of benzene rings is 2. The molecule has 0 aliphatic rings. The maximum atomic E-state index is 12.2. The summed E-state index contributed by atoms with van der Waals surface area (Å²) in [6, 6.07) is 9.43. The zero-order valence-corrected chi connectivity index (χ0v) is 19.0. The molecular formula is C22H26ClN3O6. The number of nitriles is 1. The van der Waals surface area contributed by atoms with Crippen LogP contribution in [0.25, 0.3) is 5.57 Å². The zero-order chi connectivity index (χ0) is 23.0. The molecular weight excluding hydrogens is 438 g/mol. The standard InChI is InChI=1S/C22H25N3O6.ClH/c1-28-18-6-5-13(9-17(18)25-22(27)16(24)12-26)15(7-8-23)14-10-19(29-2)21(31-4)20(11-14)30-3;/h5-7,9-11,16,26H,12,24H2,1-4H3,(H,25,27);1H/b15-7-;. The molecule has 0 saturated heterocycles. The molecule has 1 unspecified atom stereocenters. The van der Waals surface area contributed by atoms with Crippen molar-refractivity contribution < 1.29 is 28.8 Å². The van der Waals surface area contributed by atoms with Crippen LogP contribution in [-0.2, 0) is 4.79 Å². The van der Waals surface area contributed by atoms with Crippen molar-refractivity contribution in [3.8, 4) is 29.1 Å². The van der Waals surface area contributed by atoms with Crippen LogP contribution in [-0.4, -0.2) is 52.1 Å². The predicted molar refractivity (Wildman–Crippen MR) is 123 cm³/mol. The average molecular weight is 464 g/mol. The number of aliphatic hydroxyl groups excluding tert-OH is 1. The second kappa shape index (κ2) is 12.4. The lowest BCUT2D eigenvalue weighted by Crippen LogP contribution is -2.38. The summed E-state index contributed by atoms with van der Waals surface area (Å²) in [5.74, 6) is 1.10. The van der Waals surface area contributed by atoms with Crippen LogP contribution < -0.4 is 30.0 Å². The summed E-state index contributed by atoms with van der Waals surface area (Å²) in [6.07, 6.45) is 1.37. The normalized spacial score (nSPS) is 11.5. The molecule has 1 amide bonds. The Kier molecular flexibility index (Phi) is 10.3. The lowest BCUT2D eigenvalue weighted by atomic mass is 9.96. The molecule has 2 aromatic carbocycles. The number of amides is 1. The van der Waals surface area contributed by atoms with Gasteiger partial charge in [0.1, 0.15) is 11.8 Å². The van der Waals surface area contributed by atoms with Crippen molar-refractivity contribution in [1.82, 2.24) is 0 Å². The number of nitrogens with one attached hydrogen (secondary N) is 1. The van der Waals surface area contributed by atoms with Crippen LogP contribution in [0, 0.1) is 11.3 Å². The number of carbonyl (C=O) groups excluding carboxylic acids is 1. The topological polar surface area (TPSA) is 136 Å². The van der Waals surface area contributed by atoms with E-state index in [9.17, 15) is 10.1 Å². The van der Waals surface area contributed by atoms with Gasteiger partial charge < -0.3 is 35.1 Å². The Morgan fingerprint density at radius 1 is 1.06 bits per heavy atom. The Hall–Kier alpha value is -3.45. The Morgan fingerprint density at radius 3 is 2.12 bits per heavy atom. The van der Waals surface area contributed by atoms with Crippen molar-refractivity contribution in [3.63, 3.8) is 0 Å². The van der Waals surface area contributed by atoms with Gasteiger partial charge in [-0.05, 0) is 41.0 Å². The van der Waals surface area contributed by atoms with Crippen LogP contribution in [0.1, 0.15) is 11.1 Å². The highest BCUT2D eigenvalue weighted by atomic mass is 35.5. The van der Waals surface area contributed by atoms with Gasteiger partial charge in [-0.15, -0.1) is 12.4 Å². The number of allylic oxidation sites excluding steroid dienone is 1. The van der Waals surface area contributed by atoms with E-state index in [1.807, 2.05) is 6.07 Å². The molecule has 2 aromatic rings. The first-order valence-corrected chi connectivity index (χ1v) is 9.19. The van der Waals surface area contributed by atoms with Gasteiger partial charge in [-0.2, -0.15) is 5.26 Å². The lowest BCUT2D eigenvalue weighted by molar-refractivity contribution is -0.118. The molecule has 172 valence electrons. The summed E-state index contributed by atoms with van der Waals surface area (Å²) < 4.78 is 21.5. The SMILES string of the molecule is COc1ccc(/C(=C/C#N)c2cc(OC)c(OC)c(OC)c2)cc1NC(=O)C(N)CO.Cl. The molecule has 0 aliphatic heterocycles. The fourth-order valence-corrected chi connectivity index (χ4v) is 2.92. The van der Waals surface area contributed by atoms with Gasteiger partial charge >= 0.3 is 0 Å². The van der Waals surface area contributed by atoms with E-state index < -0.39 is 18.6 Å². The second-order valence-electron chi connectivity index (χ2n) is 6.29. The average Bonchev–Trinajstić information content (AvgIpc) is 2.80. The van der Waals surface area contributed by atoms with Crippen molar-refractivity contribution >= 4 is 29.6 Å². The van der Waals surface area contributed by atoms with E-state index in [0.717, 1.165) is 0 Å². The number of nitrogens with two attached hydrogens (primary N) is 1. The van der Waals surface area contributed by atoms with Crippen LogP contribution in [0.15, 0.2) is 36.4 Å². The van der Waals surface area contributed by atoms with Crippen LogP contribution >= 0.6 is 12.4 Å². The highest BCUT2D eigenvalue weighted by Crippen LogP contribution is 2.41. The maximum absolute atomic E-state index is 12.2. The smallest absolute Gasteiger partial charge is 0.243 e. The number of methoxy groups -OCH3 is 4. The third kappa shape index (κ3) is 5.82. The second-order valence-corrected chi connectivity index (χ2v) is 6.29. The van der Waals surface area contributed by atoms with Crippen molar-refractivity contribution in [1.29, 1.82) is 5.26 Å². The minimum Gasteiger partial charge on any atom is -0.495 e. The summed E-state index contributed by atoms with van der Waals surface area (Å²) in [6.45, 7) is -0.501. The van der Waals surface area contributed by atoms with E-state index in [1.54, 1.807) is 30.3 Å². The molecule has 10 heteroatoms. The Balaban J connectivity index is 0.00000512. The first-order valence-electron chi connectivity index (χ1n) is 9.19. The third-order valence-corrected chi connectivity index (χ3v) is 4.49. The van der Waals surface area contributed by atoms with E-state index in [4.69, 9.17) is 29.8 Å². The van der Waals surface area contributed by atoms with Gasteiger partial charge in [0.05, 0.1) is 46.8 Å². The van der Waals surface area contributed by atoms with E-state index in [0.29, 0.717) is 45.4 Å². The number of nitrogens with zero attached hydrogens (tertiary/aromatic N) is 1. The van der Waals surface area contributed by atoms with Crippen molar-refractivity contribution in [2.75, 3.05) is 40.4 Å². The molecule has 0 heterocycles. The van der Waals surface area contributed by atoms with Gasteiger partial charge in [0.25, 0.3) is 0 Å². The highest BCUT2D eigenvalue weighted by Gasteiger charge is 2.19. The minimum absolute atomic E-state index is 0. The van der Waals surface area contributed by atoms with Crippen LogP contribution in [0.3, 0.4) is 0 Å². The van der Waals surface area contributed by atoms with Crippen LogP contribution in [0.4, 0.5) is 5.69 Å². The van der Waals surface area contributed by atoms with Crippen molar-refractivity contribution in [2.24, 2.45) is 5.73 Å². The number of rotatable bonds is 9. The molecule has 0 spiro atoms. The zero-order valence-electron chi connectivity index (χ0n) is 18.2. The molecule has 0 saturated carbocycles. The van der Waals surface area contributed by atoms with Crippen molar-refractivity contribution in [3.05, 3.63) is 47.5 Å². The quantitative estimate of drug-likeness (QED) is 0.482. The molecule has 4 N–H and O–H groups in total. The molecule has 1 atom stereocenters. The summed E-state index contributed by atoms with van der Waals surface area (Å²) in [5.41, 5.74) is 7.72. The number of anilines is 1. The molecule has 0 fully saturated rings. The summed E-state index contributed by atoms with van der Waals surface area (Å²) in [7, 11) is 5.96. The van der Waals surface area contributed by atoms with Gasteiger partial charge in [0.15, 0.2) is 11.5 Å². The Bertz CT molecular complexity index is 994. The Morgan fingerprint density at radius 2 is 1.66 bits per heavy atom. The number of hydrogen-bond acceptors (Lipinski definition) is 8. The number of ether oxygens (including phenoxy) is 4. The molecule has 9 nitrogen and oxygen atoms in total. The first-order chi connectivity index (χ1) is 14.9. The van der Waals surface area contributed by atoms with Gasteiger partial charge in [0.2, 0.25) is 11.7 Å². The molecule has 0 aromatic heterocycles. The monoisotopic (exact) mass is 463 g/mol. The van der Waals surface area contributed by atoms with Crippen LogP contribution in [0.5, 0.6) is 23.0 Å². The van der Waals surface area contributed by atoms with E-state index in [1.165, 1.54) is 34.5 Å². The fraction of sp³-hybridized carbons (Fsp3) is 0.273. The van der Waals surface area contributed by atoms with E-state index in [2.05, 4.69) is 5.32 Å². The number of hydrogen-bond donors (Lipinski definition) is 3. The van der Waals surface area contributed by atoms with Gasteiger partial charge in [-0.1, -0.05) is 6.07 Å².